The van der Waals surface area contributed by atoms with Crippen molar-refractivity contribution in [3.05, 3.63) is 35.4 Å². The van der Waals surface area contributed by atoms with Crippen LogP contribution in [0.1, 0.15) is 43.1 Å². The third-order valence-electron chi connectivity index (χ3n) is 4.27. The van der Waals surface area contributed by atoms with E-state index in [9.17, 15) is 4.79 Å². The van der Waals surface area contributed by atoms with E-state index in [0.29, 0.717) is 12.0 Å². The fourth-order valence-electron chi connectivity index (χ4n) is 2.63. The Bertz CT molecular complexity index is 482. The van der Waals surface area contributed by atoms with Crippen molar-refractivity contribution >= 4 is 5.91 Å². The van der Waals surface area contributed by atoms with Crippen molar-refractivity contribution in [1.82, 2.24) is 9.80 Å². The van der Waals surface area contributed by atoms with E-state index in [4.69, 9.17) is 5.73 Å². The molecule has 0 saturated carbocycles. The maximum atomic E-state index is 12.5. The van der Waals surface area contributed by atoms with Crippen LogP contribution in [0.5, 0.6) is 0 Å². The SMILES string of the molecule is CC(C)(C)CCN1CCN(C(=O)c2ccc(CN)cc2)CC1. The second-order valence-corrected chi connectivity index (χ2v) is 7.35. The van der Waals surface area contributed by atoms with Gasteiger partial charge in [0.05, 0.1) is 0 Å². The quantitative estimate of drug-likeness (QED) is 0.929. The first-order valence-corrected chi connectivity index (χ1v) is 8.20. The van der Waals surface area contributed by atoms with Gasteiger partial charge in [0.25, 0.3) is 5.91 Å². The topological polar surface area (TPSA) is 49.6 Å². The molecule has 1 aromatic rings. The van der Waals surface area contributed by atoms with Crippen molar-refractivity contribution in [2.24, 2.45) is 11.1 Å². The lowest BCUT2D eigenvalue weighted by molar-refractivity contribution is 0.0623. The lowest BCUT2D eigenvalue weighted by Crippen LogP contribution is -2.49. The Balaban J connectivity index is 1.84. The number of nitrogens with two attached hydrogens (primary N) is 1. The molecule has 1 aliphatic rings. The van der Waals surface area contributed by atoms with Crippen molar-refractivity contribution in [3.63, 3.8) is 0 Å². The normalized spacial score (nSPS) is 16.8. The van der Waals surface area contributed by atoms with Crippen molar-refractivity contribution in [2.75, 3.05) is 32.7 Å². The van der Waals surface area contributed by atoms with Crippen LogP contribution in [0.2, 0.25) is 0 Å². The number of hydrogen-bond acceptors (Lipinski definition) is 3. The minimum Gasteiger partial charge on any atom is -0.336 e. The highest BCUT2D eigenvalue weighted by Gasteiger charge is 2.23. The van der Waals surface area contributed by atoms with Gasteiger partial charge in [-0.25, -0.2) is 0 Å². The van der Waals surface area contributed by atoms with Crippen molar-refractivity contribution < 1.29 is 4.79 Å². The minimum atomic E-state index is 0.138. The largest absolute Gasteiger partial charge is 0.336 e. The van der Waals surface area contributed by atoms with Gasteiger partial charge in [-0.2, -0.15) is 0 Å². The summed E-state index contributed by atoms with van der Waals surface area (Å²) in [4.78, 5) is 16.9. The average molecular weight is 303 g/mol. The number of carbonyl (C=O) groups excluding carboxylic acids is 1. The van der Waals surface area contributed by atoms with Crippen LogP contribution in [-0.2, 0) is 6.54 Å². The Morgan fingerprint density at radius 2 is 1.68 bits per heavy atom. The third kappa shape index (κ3) is 4.82. The first-order chi connectivity index (χ1) is 10.4. The van der Waals surface area contributed by atoms with Gasteiger partial charge >= 0.3 is 0 Å². The van der Waals surface area contributed by atoms with E-state index < -0.39 is 0 Å². The molecule has 22 heavy (non-hydrogen) atoms. The van der Waals surface area contributed by atoms with Gasteiger partial charge in [-0.1, -0.05) is 32.9 Å². The lowest BCUT2D eigenvalue weighted by Gasteiger charge is -2.36. The van der Waals surface area contributed by atoms with E-state index in [1.165, 1.54) is 6.42 Å². The Morgan fingerprint density at radius 3 is 2.18 bits per heavy atom. The van der Waals surface area contributed by atoms with Crippen molar-refractivity contribution in [3.8, 4) is 0 Å². The fourth-order valence-corrected chi connectivity index (χ4v) is 2.63. The van der Waals surface area contributed by atoms with Crippen molar-refractivity contribution in [1.29, 1.82) is 0 Å². The van der Waals surface area contributed by atoms with Gasteiger partial charge in [0.15, 0.2) is 0 Å². The zero-order valence-electron chi connectivity index (χ0n) is 14.1. The summed E-state index contributed by atoms with van der Waals surface area (Å²) >= 11 is 0. The summed E-state index contributed by atoms with van der Waals surface area (Å²) in [6, 6.07) is 7.65. The number of carbonyl (C=O) groups is 1. The molecule has 1 fully saturated rings. The summed E-state index contributed by atoms with van der Waals surface area (Å²) in [6.45, 7) is 12.1. The summed E-state index contributed by atoms with van der Waals surface area (Å²) in [7, 11) is 0. The van der Waals surface area contributed by atoms with E-state index in [0.717, 1.165) is 43.9 Å². The summed E-state index contributed by atoms with van der Waals surface area (Å²) in [5.74, 6) is 0.138. The van der Waals surface area contributed by atoms with Gasteiger partial charge in [-0.15, -0.1) is 0 Å². The first kappa shape index (κ1) is 17.0. The predicted octanol–water partition coefficient (Wildman–Crippen LogP) is 2.34. The molecule has 4 heteroatoms. The van der Waals surface area contributed by atoms with Gasteiger partial charge in [0.2, 0.25) is 0 Å². The fraction of sp³-hybridized carbons (Fsp3) is 0.611. The predicted molar refractivity (Wildman–Crippen MR) is 90.7 cm³/mol. The van der Waals surface area contributed by atoms with Gasteiger partial charge in [-0.05, 0) is 36.1 Å². The first-order valence-electron chi connectivity index (χ1n) is 8.20. The molecule has 0 bridgehead atoms. The molecule has 122 valence electrons. The summed E-state index contributed by atoms with van der Waals surface area (Å²) in [6.07, 6.45) is 1.20. The Labute approximate surface area is 134 Å². The molecule has 2 N–H and O–H groups in total. The van der Waals surface area contributed by atoms with Crippen LogP contribution in [0.4, 0.5) is 0 Å². The smallest absolute Gasteiger partial charge is 0.253 e. The van der Waals surface area contributed by atoms with Gasteiger partial charge in [-0.3, -0.25) is 9.69 Å². The molecular weight excluding hydrogens is 274 g/mol. The van der Waals surface area contributed by atoms with Gasteiger partial charge in [0, 0.05) is 38.3 Å². The van der Waals surface area contributed by atoms with Crippen LogP contribution < -0.4 is 5.73 Å². The van der Waals surface area contributed by atoms with Crippen LogP contribution in [0.3, 0.4) is 0 Å². The monoisotopic (exact) mass is 303 g/mol. The number of hydrogen-bond donors (Lipinski definition) is 1. The van der Waals surface area contributed by atoms with Crippen LogP contribution in [0.15, 0.2) is 24.3 Å². The molecule has 0 aliphatic carbocycles. The second-order valence-electron chi connectivity index (χ2n) is 7.35. The zero-order valence-corrected chi connectivity index (χ0v) is 14.1. The molecular formula is C18H29N3O. The molecule has 0 atom stereocenters. The Hall–Kier alpha value is -1.39. The van der Waals surface area contributed by atoms with Crippen LogP contribution in [0, 0.1) is 5.41 Å². The van der Waals surface area contributed by atoms with E-state index in [1.54, 1.807) is 0 Å². The Kier molecular flexibility index (Phi) is 5.59. The molecule has 1 aliphatic heterocycles. The molecule has 0 aromatic heterocycles. The summed E-state index contributed by atoms with van der Waals surface area (Å²) < 4.78 is 0. The molecule has 1 heterocycles. The highest BCUT2D eigenvalue weighted by Crippen LogP contribution is 2.19. The number of rotatable bonds is 4. The maximum absolute atomic E-state index is 12.5. The highest BCUT2D eigenvalue weighted by molar-refractivity contribution is 5.94. The molecule has 4 nitrogen and oxygen atoms in total. The summed E-state index contributed by atoms with van der Waals surface area (Å²) in [5, 5.41) is 0. The molecule has 1 saturated heterocycles. The molecule has 0 unspecified atom stereocenters. The standard InChI is InChI=1S/C18H29N3O/c1-18(2,3)8-9-20-10-12-21(13-11-20)17(22)16-6-4-15(14-19)5-7-16/h4-7H,8-14,19H2,1-3H3. The minimum absolute atomic E-state index is 0.138. The second kappa shape index (κ2) is 7.25. The summed E-state index contributed by atoms with van der Waals surface area (Å²) in [5.41, 5.74) is 7.79. The van der Waals surface area contributed by atoms with E-state index in [1.807, 2.05) is 29.2 Å². The van der Waals surface area contributed by atoms with E-state index >= 15 is 0 Å². The number of amides is 1. The third-order valence-corrected chi connectivity index (χ3v) is 4.27. The van der Waals surface area contributed by atoms with Crippen LogP contribution >= 0.6 is 0 Å². The molecule has 0 spiro atoms. The van der Waals surface area contributed by atoms with Gasteiger partial charge < -0.3 is 10.6 Å². The number of nitrogens with zero attached hydrogens (tertiary/aromatic N) is 2. The van der Waals surface area contributed by atoms with Gasteiger partial charge in [0.1, 0.15) is 0 Å². The van der Waals surface area contributed by atoms with Crippen LogP contribution in [-0.4, -0.2) is 48.4 Å². The van der Waals surface area contributed by atoms with Crippen molar-refractivity contribution in [2.45, 2.75) is 33.7 Å². The highest BCUT2D eigenvalue weighted by atomic mass is 16.2. The lowest BCUT2D eigenvalue weighted by atomic mass is 9.92. The molecule has 2 rings (SSSR count). The average Bonchev–Trinajstić information content (AvgIpc) is 2.52. The van der Waals surface area contributed by atoms with E-state index in [-0.39, 0.29) is 5.91 Å². The van der Waals surface area contributed by atoms with E-state index in [2.05, 4.69) is 25.7 Å². The molecule has 0 radical (unpaired) electrons. The number of piperazine rings is 1. The molecule has 1 amide bonds. The number of benzene rings is 1. The zero-order chi connectivity index (χ0) is 16.2. The molecule has 1 aromatic carbocycles. The maximum Gasteiger partial charge on any atom is 0.253 e. The Morgan fingerprint density at radius 1 is 1.09 bits per heavy atom. The van der Waals surface area contributed by atoms with Crippen LogP contribution in [0.25, 0.3) is 0 Å².